The average Bonchev–Trinajstić information content (AvgIpc) is 2.19. The molecule has 1 unspecified atom stereocenters. The normalized spacial score (nSPS) is 30.7. The van der Waals surface area contributed by atoms with Gasteiger partial charge in [-0.1, -0.05) is 6.92 Å². The Hall–Kier alpha value is -0.120. The van der Waals surface area contributed by atoms with Crippen molar-refractivity contribution < 1.29 is 4.74 Å². The van der Waals surface area contributed by atoms with Crippen LogP contribution in [0.3, 0.4) is 0 Å². The molecule has 78 valence electrons. The molecule has 3 heteroatoms. The Kier molecular flexibility index (Phi) is 4.16. The minimum Gasteiger partial charge on any atom is -0.373 e. The van der Waals surface area contributed by atoms with Crippen molar-refractivity contribution in [1.29, 1.82) is 0 Å². The lowest BCUT2D eigenvalue weighted by Gasteiger charge is -2.41. The number of likely N-dealkylation sites (tertiary alicyclic amines) is 1. The fourth-order valence-corrected chi connectivity index (χ4v) is 2.11. The molecule has 0 amide bonds. The molecule has 0 radical (unpaired) electrons. The largest absolute Gasteiger partial charge is 0.373 e. The number of hydrogen-bond donors (Lipinski definition) is 1. The first kappa shape index (κ1) is 11.0. The van der Waals surface area contributed by atoms with Crippen molar-refractivity contribution in [3.8, 4) is 0 Å². The molecule has 0 aromatic rings. The van der Waals surface area contributed by atoms with Gasteiger partial charge in [0.2, 0.25) is 0 Å². The molecule has 0 bridgehead atoms. The van der Waals surface area contributed by atoms with Gasteiger partial charge in [0.05, 0.1) is 5.60 Å². The molecule has 0 aromatic heterocycles. The highest BCUT2D eigenvalue weighted by atomic mass is 16.5. The van der Waals surface area contributed by atoms with Crippen molar-refractivity contribution in [1.82, 2.24) is 4.90 Å². The molecule has 1 atom stereocenters. The monoisotopic (exact) mass is 186 g/mol. The molecule has 2 N–H and O–H groups in total. The number of nitrogens with zero attached hydrogens (tertiary/aromatic N) is 1. The molecular weight excluding hydrogens is 164 g/mol. The zero-order valence-corrected chi connectivity index (χ0v) is 8.88. The Bertz CT molecular complexity index is 148. The standard InChI is InChI=1S/C10H22N2O/c1-3-12-7-5-6-10(8-11,9-12)13-4-2/h3-9,11H2,1-2H3. The van der Waals surface area contributed by atoms with E-state index in [1.165, 1.54) is 13.0 Å². The molecular formula is C10H22N2O. The molecule has 3 nitrogen and oxygen atoms in total. The Morgan fingerprint density at radius 1 is 1.46 bits per heavy atom. The van der Waals surface area contributed by atoms with Crippen LogP contribution in [0.4, 0.5) is 0 Å². The van der Waals surface area contributed by atoms with Crippen LogP contribution in [0.15, 0.2) is 0 Å². The summed E-state index contributed by atoms with van der Waals surface area (Å²) >= 11 is 0. The minimum absolute atomic E-state index is 0.0526. The molecule has 13 heavy (non-hydrogen) atoms. The second-order valence-electron chi connectivity index (χ2n) is 3.79. The summed E-state index contributed by atoms with van der Waals surface area (Å²) in [5.41, 5.74) is 5.74. The fraction of sp³-hybridized carbons (Fsp3) is 1.00. The van der Waals surface area contributed by atoms with Crippen LogP contribution in [0.25, 0.3) is 0 Å². The summed E-state index contributed by atoms with van der Waals surface area (Å²) in [7, 11) is 0. The van der Waals surface area contributed by atoms with E-state index in [2.05, 4.69) is 11.8 Å². The summed E-state index contributed by atoms with van der Waals surface area (Å²) in [4.78, 5) is 2.42. The topological polar surface area (TPSA) is 38.5 Å². The van der Waals surface area contributed by atoms with Gasteiger partial charge in [-0.25, -0.2) is 0 Å². The molecule has 1 heterocycles. The molecule has 0 saturated carbocycles. The quantitative estimate of drug-likeness (QED) is 0.707. The van der Waals surface area contributed by atoms with Crippen molar-refractivity contribution in [2.75, 3.05) is 32.8 Å². The smallest absolute Gasteiger partial charge is 0.0930 e. The highest BCUT2D eigenvalue weighted by Gasteiger charge is 2.34. The SMILES string of the molecule is CCOC1(CN)CCCN(CC)C1. The molecule has 1 rings (SSSR count). The van der Waals surface area contributed by atoms with Crippen LogP contribution in [-0.4, -0.2) is 43.3 Å². The summed E-state index contributed by atoms with van der Waals surface area (Å²) in [6, 6.07) is 0. The number of hydrogen-bond acceptors (Lipinski definition) is 3. The highest BCUT2D eigenvalue weighted by molar-refractivity contribution is 4.89. The van der Waals surface area contributed by atoms with Gasteiger partial charge in [0.25, 0.3) is 0 Å². The maximum atomic E-state index is 5.79. The molecule has 1 aliphatic rings. The van der Waals surface area contributed by atoms with Crippen molar-refractivity contribution >= 4 is 0 Å². The van der Waals surface area contributed by atoms with Crippen molar-refractivity contribution in [2.24, 2.45) is 5.73 Å². The van der Waals surface area contributed by atoms with Gasteiger partial charge in [-0.3, -0.25) is 0 Å². The van der Waals surface area contributed by atoms with Gasteiger partial charge in [-0.2, -0.15) is 0 Å². The van der Waals surface area contributed by atoms with Crippen molar-refractivity contribution in [3.05, 3.63) is 0 Å². The number of nitrogens with two attached hydrogens (primary N) is 1. The van der Waals surface area contributed by atoms with Gasteiger partial charge in [-0.15, -0.1) is 0 Å². The lowest BCUT2D eigenvalue weighted by atomic mass is 9.92. The zero-order valence-electron chi connectivity index (χ0n) is 8.88. The Labute approximate surface area is 81.2 Å². The molecule has 0 aromatic carbocycles. The van der Waals surface area contributed by atoms with Gasteiger partial charge >= 0.3 is 0 Å². The first-order chi connectivity index (χ1) is 6.26. The van der Waals surface area contributed by atoms with E-state index in [1.54, 1.807) is 0 Å². The first-order valence-corrected chi connectivity index (χ1v) is 5.32. The van der Waals surface area contributed by atoms with Crippen LogP contribution in [-0.2, 0) is 4.74 Å². The number of piperidine rings is 1. The number of likely N-dealkylation sites (N-methyl/N-ethyl adjacent to an activating group) is 1. The van der Waals surface area contributed by atoms with Crippen molar-refractivity contribution in [3.63, 3.8) is 0 Å². The zero-order chi connectivity index (χ0) is 9.73. The van der Waals surface area contributed by atoms with Crippen LogP contribution in [0.2, 0.25) is 0 Å². The number of ether oxygens (including phenoxy) is 1. The second kappa shape index (κ2) is 4.94. The van der Waals surface area contributed by atoms with Gasteiger partial charge in [0.15, 0.2) is 0 Å². The summed E-state index contributed by atoms with van der Waals surface area (Å²) in [5, 5.41) is 0. The van der Waals surface area contributed by atoms with Gasteiger partial charge in [0.1, 0.15) is 0 Å². The van der Waals surface area contributed by atoms with Crippen LogP contribution >= 0.6 is 0 Å². The van der Waals surface area contributed by atoms with E-state index in [0.29, 0.717) is 6.54 Å². The Morgan fingerprint density at radius 3 is 2.77 bits per heavy atom. The summed E-state index contributed by atoms with van der Waals surface area (Å²) < 4.78 is 5.78. The molecule has 1 saturated heterocycles. The Balaban J connectivity index is 2.53. The van der Waals surface area contributed by atoms with Gasteiger partial charge < -0.3 is 15.4 Å². The second-order valence-corrected chi connectivity index (χ2v) is 3.79. The van der Waals surface area contributed by atoms with E-state index in [1.807, 2.05) is 6.92 Å². The van der Waals surface area contributed by atoms with E-state index in [9.17, 15) is 0 Å². The maximum Gasteiger partial charge on any atom is 0.0930 e. The third-order valence-electron chi connectivity index (χ3n) is 2.89. The summed E-state index contributed by atoms with van der Waals surface area (Å²) in [6.07, 6.45) is 2.33. The molecule has 1 aliphatic heterocycles. The maximum absolute atomic E-state index is 5.79. The lowest BCUT2D eigenvalue weighted by molar-refractivity contribution is -0.0779. The third-order valence-corrected chi connectivity index (χ3v) is 2.89. The van der Waals surface area contributed by atoms with E-state index in [0.717, 1.165) is 26.1 Å². The van der Waals surface area contributed by atoms with E-state index >= 15 is 0 Å². The predicted octanol–water partition coefficient (Wildman–Crippen LogP) is 0.836. The van der Waals surface area contributed by atoms with Crippen LogP contribution in [0.1, 0.15) is 26.7 Å². The average molecular weight is 186 g/mol. The van der Waals surface area contributed by atoms with E-state index in [4.69, 9.17) is 10.5 Å². The minimum atomic E-state index is -0.0526. The fourth-order valence-electron chi connectivity index (χ4n) is 2.11. The summed E-state index contributed by atoms with van der Waals surface area (Å²) in [6.45, 7) is 8.97. The first-order valence-electron chi connectivity index (χ1n) is 5.32. The molecule has 0 spiro atoms. The van der Waals surface area contributed by atoms with Gasteiger partial charge in [-0.05, 0) is 32.9 Å². The van der Waals surface area contributed by atoms with Crippen LogP contribution in [0.5, 0.6) is 0 Å². The van der Waals surface area contributed by atoms with Crippen molar-refractivity contribution in [2.45, 2.75) is 32.3 Å². The number of rotatable bonds is 4. The van der Waals surface area contributed by atoms with E-state index < -0.39 is 0 Å². The van der Waals surface area contributed by atoms with Crippen LogP contribution < -0.4 is 5.73 Å². The van der Waals surface area contributed by atoms with Gasteiger partial charge in [0, 0.05) is 19.7 Å². The lowest BCUT2D eigenvalue weighted by Crippen LogP contribution is -2.54. The molecule has 1 fully saturated rings. The Morgan fingerprint density at radius 2 is 2.23 bits per heavy atom. The predicted molar refractivity (Wildman–Crippen MR) is 54.8 cm³/mol. The van der Waals surface area contributed by atoms with Crippen LogP contribution in [0, 0.1) is 0 Å². The highest BCUT2D eigenvalue weighted by Crippen LogP contribution is 2.23. The third kappa shape index (κ3) is 2.66. The van der Waals surface area contributed by atoms with E-state index in [-0.39, 0.29) is 5.60 Å². The summed E-state index contributed by atoms with van der Waals surface area (Å²) in [5.74, 6) is 0. The molecule has 0 aliphatic carbocycles.